The Morgan fingerprint density at radius 1 is 1.30 bits per heavy atom. The third-order valence-corrected chi connectivity index (χ3v) is 3.37. The molecule has 0 spiro atoms. The molecule has 3 N–H and O–H groups in total. The zero-order chi connectivity index (χ0) is 17.6. The van der Waals surface area contributed by atoms with Crippen LogP contribution in [0.15, 0.2) is 18.2 Å². The highest BCUT2D eigenvalue weighted by atomic mass is 19.1. The van der Waals surface area contributed by atoms with E-state index < -0.39 is 17.5 Å². The van der Waals surface area contributed by atoms with Gasteiger partial charge in [-0.25, -0.2) is 9.18 Å². The van der Waals surface area contributed by atoms with Crippen molar-refractivity contribution in [1.29, 1.82) is 0 Å². The first-order valence-electron chi connectivity index (χ1n) is 7.77. The van der Waals surface area contributed by atoms with E-state index in [4.69, 9.17) is 4.74 Å². The van der Waals surface area contributed by atoms with Crippen molar-refractivity contribution >= 4 is 11.8 Å². The predicted molar refractivity (Wildman–Crippen MR) is 89.1 cm³/mol. The molecule has 0 aliphatic rings. The molecule has 0 aliphatic heterocycles. The first-order valence-corrected chi connectivity index (χ1v) is 7.77. The van der Waals surface area contributed by atoms with Crippen molar-refractivity contribution in [2.75, 3.05) is 18.4 Å². The van der Waals surface area contributed by atoms with E-state index in [1.807, 2.05) is 20.8 Å². The zero-order valence-corrected chi connectivity index (χ0v) is 14.4. The summed E-state index contributed by atoms with van der Waals surface area (Å²) < 4.78 is 18.5. The standard InChI is InChI=1S/C17H27FN2O3/c1-11(2)12(10-20-16(22)23-17(3,4)5)9-19-13-6-7-15(21)14(18)8-13/h6-8,11-12,19,21H,9-10H2,1-5H3,(H,20,22). The molecular formula is C17H27FN2O3. The summed E-state index contributed by atoms with van der Waals surface area (Å²) in [5.41, 5.74) is 0.0578. The molecule has 1 aromatic rings. The van der Waals surface area contributed by atoms with Crippen LogP contribution in [-0.2, 0) is 4.74 Å². The van der Waals surface area contributed by atoms with Gasteiger partial charge in [-0.3, -0.25) is 0 Å². The second-order valence-corrected chi connectivity index (χ2v) is 6.93. The number of carbonyl (C=O) groups excluding carboxylic acids is 1. The molecule has 0 saturated carbocycles. The van der Waals surface area contributed by atoms with E-state index in [9.17, 15) is 14.3 Å². The summed E-state index contributed by atoms with van der Waals surface area (Å²) in [7, 11) is 0. The molecule has 0 bridgehead atoms. The number of aromatic hydroxyl groups is 1. The van der Waals surface area contributed by atoms with Crippen molar-refractivity contribution in [2.45, 2.75) is 40.2 Å². The van der Waals surface area contributed by atoms with Gasteiger partial charge in [-0.1, -0.05) is 13.8 Å². The Labute approximate surface area is 137 Å². The normalized spacial score (nSPS) is 12.8. The van der Waals surface area contributed by atoms with Gasteiger partial charge in [0.25, 0.3) is 0 Å². The molecule has 6 heteroatoms. The smallest absolute Gasteiger partial charge is 0.407 e. The second kappa shape index (κ2) is 8.04. The van der Waals surface area contributed by atoms with Crippen LogP contribution in [0.2, 0.25) is 0 Å². The number of carbonyl (C=O) groups is 1. The lowest BCUT2D eigenvalue weighted by molar-refractivity contribution is 0.0516. The van der Waals surface area contributed by atoms with Gasteiger partial charge in [-0.15, -0.1) is 0 Å². The number of hydrogen-bond acceptors (Lipinski definition) is 4. The van der Waals surface area contributed by atoms with Gasteiger partial charge in [0.15, 0.2) is 11.6 Å². The quantitative estimate of drug-likeness (QED) is 0.697. The van der Waals surface area contributed by atoms with Crippen molar-refractivity contribution in [3.8, 4) is 5.75 Å². The van der Waals surface area contributed by atoms with E-state index in [2.05, 4.69) is 24.5 Å². The van der Waals surface area contributed by atoms with Crippen LogP contribution in [-0.4, -0.2) is 29.9 Å². The van der Waals surface area contributed by atoms with E-state index in [0.717, 1.165) is 0 Å². The fourth-order valence-electron chi connectivity index (χ4n) is 1.94. The van der Waals surface area contributed by atoms with E-state index in [1.54, 1.807) is 6.07 Å². The average Bonchev–Trinajstić information content (AvgIpc) is 2.40. The number of rotatable bonds is 6. The maximum Gasteiger partial charge on any atom is 0.407 e. The Bertz CT molecular complexity index is 527. The average molecular weight is 326 g/mol. The molecule has 0 heterocycles. The van der Waals surface area contributed by atoms with Crippen LogP contribution in [0.25, 0.3) is 0 Å². The van der Waals surface area contributed by atoms with Crippen molar-refractivity contribution in [3.05, 3.63) is 24.0 Å². The van der Waals surface area contributed by atoms with Crippen molar-refractivity contribution in [3.63, 3.8) is 0 Å². The highest BCUT2D eigenvalue weighted by Gasteiger charge is 2.19. The van der Waals surface area contributed by atoms with Crippen LogP contribution in [0.5, 0.6) is 5.75 Å². The first kappa shape index (κ1) is 19.1. The summed E-state index contributed by atoms with van der Waals surface area (Å²) >= 11 is 0. The van der Waals surface area contributed by atoms with Crippen LogP contribution < -0.4 is 10.6 Å². The van der Waals surface area contributed by atoms with Crippen LogP contribution in [0, 0.1) is 17.7 Å². The van der Waals surface area contributed by atoms with Crippen LogP contribution >= 0.6 is 0 Å². The Kier molecular flexibility index (Phi) is 6.66. The maximum absolute atomic E-state index is 13.3. The van der Waals surface area contributed by atoms with Gasteiger partial charge in [0.05, 0.1) is 0 Å². The van der Waals surface area contributed by atoms with Crippen LogP contribution in [0.1, 0.15) is 34.6 Å². The number of phenolic OH excluding ortho intramolecular Hbond substituents is 1. The molecule has 0 aromatic heterocycles. The van der Waals surface area contributed by atoms with Gasteiger partial charge in [0.2, 0.25) is 0 Å². The Morgan fingerprint density at radius 3 is 2.48 bits per heavy atom. The van der Waals surface area contributed by atoms with Gasteiger partial charge < -0.3 is 20.5 Å². The summed E-state index contributed by atoms with van der Waals surface area (Å²) in [6, 6.07) is 4.16. The van der Waals surface area contributed by atoms with Gasteiger partial charge >= 0.3 is 6.09 Å². The van der Waals surface area contributed by atoms with Crippen LogP contribution in [0.4, 0.5) is 14.9 Å². The minimum atomic E-state index is -0.664. The van der Waals surface area contributed by atoms with Gasteiger partial charge in [0, 0.05) is 24.8 Å². The molecule has 0 fully saturated rings. The Hall–Kier alpha value is -1.98. The molecule has 0 aliphatic carbocycles. The van der Waals surface area contributed by atoms with Crippen molar-refractivity contribution < 1.29 is 19.0 Å². The van der Waals surface area contributed by atoms with E-state index in [0.29, 0.717) is 24.7 Å². The molecule has 1 unspecified atom stereocenters. The summed E-state index contributed by atoms with van der Waals surface area (Å²) in [6.07, 6.45) is -0.446. The number of halogens is 1. The minimum absolute atomic E-state index is 0.152. The fraction of sp³-hybridized carbons (Fsp3) is 0.588. The number of hydrogen-bond donors (Lipinski definition) is 3. The number of amides is 1. The zero-order valence-electron chi connectivity index (χ0n) is 14.4. The Balaban J connectivity index is 2.52. The fourth-order valence-corrected chi connectivity index (χ4v) is 1.94. The number of benzene rings is 1. The lowest BCUT2D eigenvalue weighted by atomic mass is 9.95. The largest absolute Gasteiger partial charge is 0.505 e. The second-order valence-electron chi connectivity index (χ2n) is 6.93. The summed E-state index contributed by atoms with van der Waals surface area (Å²) in [5, 5.41) is 15.1. The summed E-state index contributed by atoms with van der Waals surface area (Å²) in [5.74, 6) is -0.565. The monoisotopic (exact) mass is 326 g/mol. The molecule has 130 valence electrons. The molecular weight excluding hydrogens is 299 g/mol. The highest BCUT2D eigenvalue weighted by molar-refractivity contribution is 5.67. The number of nitrogens with one attached hydrogen (secondary N) is 2. The molecule has 1 atom stereocenters. The lowest BCUT2D eigenvalue weighted by Crippen LogP contribution is -2.38. The molecule has 0 radical (unpaired) electrons. The van der Waals surface area contributed by atoms with E-state index in [1.165, 1.54) is 12.1 Å². The lowest BCUT2D eigenvalue weighted by Gasteiger charge is -2.24. The predicted octanol–water partition coefficient (Wildman–Crippen LogP) is 3.74. The first-order chi connectivity index (χ1) is 10.6. The molecule has 23 heavy (non-hydrogen) atoms. The van der Waals surface area contributed by atoms with Gasteiger partial charge in [-0.05, 0) is 44.7 Å². The van der Waals surface area contributed by atoms with Gasteiger partial charge in [-0.2, -0.15) is 0 Å². The van der Waals surface area contributed by atoms with E-state index >= 15 is 0 Å². The van der Waals surface area contributed by atoms with E-state index in [-0.39, 0.29) is 11.7 Å². The molecule has 1 rings (SSSR count). The summed E-state index contributed by atoms with van der Waals surface area (Å²) in [6.45, 7) is 10.6. The minimum Gasteiger partial charge on any atom is -0.505 e. The highest BCUT2D eigenvalue weighted by Crippen LogP contribution is 2.20. The molecule has 5 nitrogen and oxygen atoms in total. The summed E-state index contributed by atoms with van der Waals surface area (Å²) in [4.78, 5) is 11.7. The van der Waals surface area contributed by atoms with Crippen molar-refractivity contribution in [1.82, 2.24) is 5.32 Å². The number of ether oxygens (including phenoxy) is 1. The topological polar surface area (TPSA) is 70.6 Å². The maximum atomic E-state index is 13.3. The molecule has 0 saturated heterocycles. The van der Waals surface area contributed by atoms with Crippen molar-refractivity contribution in [2.24, 2.45) is 11.8 Å². The Morgan fingerprint density at radius 2 is 1.96 bits per heavy atom. The SMILES string of the molecule is CC(C)C(CNC(=O)OC(C)(C)C)CNc1ccc(O)c(F)c1. The number of phenols is 1. The third-order valence-electron chi connectivity index (χ3n) is 3.37. The third kappa shape index (κ3) is 7.21. The van der Waals surface area contributed by atoms with Gasteiger partial charge in [0.1, 0.15) is 5.60 Å². The molecule has 1 aromatic carbocycles. The number of alkyl carbamates (subject to hydrolysis) is 1. The van der Waals surface area contributed by atoms with Crippen LogP contribution in [0.3, 0.4) is 0 Å². The number of anilines is 1. The molecule has 1 amide bonds.